The van der Waals surface area contributed by atoms with Gasteiger partial charge in [0.1, 0.15) is 24.1 Å². The number of benzene rings is 1. The number of ether oxygens (including phenoxy) is 1. The summed E-state index contributed by atoms with van der Waals surface area (Å²) >= 11 is 0. The molecule has 0 aliphatic rings. The molecule has 218 valence electrons. The molecule has 39 heavy (non-hydrogen) atoms. The molecule has 0 heterocycles. The average Bonchev–Trinajstić information content (AvgIpc) is 2.92. The summed E-state index contributed by atoms with van der Waals surface area (Å²) in [6.45, 7) is 0.923. The Morgan fingerprint density at radius 3 is 1.97 bits per heavy atom. The monoisotopic (exact) mass is 548 g/mol. The summed E-state index contributed by atoms with van der Waals surface area (Å²) in [6, 6.07) is 6.25. The van der Waals surface area contributed by atoms with Crippen LogP contribution in [0.5, 0.6) is 5.75 Å². The largest absolute Gasteiger partial charge is 0.484 e. The van der Waals surface area contributed by atoms with Gasteiger partial charge in [-0.15, -0.1) is 0 Å². The van der Waals surface area contributed by atoms with Crippen LogP contribution in [0.4, 0.5) is 0 Å². The van der Waals surface area contributed by atoms with Crippen molar-refractivity contribution >= 4 is 30.0 Å². The number of carbonyl (C=O) groups excluding carboxylic acids is 4. The summed E-state index contributed by atoms with van der Waals surface area (Å²) in [4.78, 5) is 54.2. The molecule has 0 fully saturated rings. The van der Waals surface area contributed by atoms with Gasteiger partial charge in [-0.25, -0.2) is 0 Å². The fraction of sp³-hybridized carbons (Fsp3) is 0.577. The van der Waals surface area contributed by atoms with Gasteiger partial charge in [-0.3, -0.25) is 19.4 Å². The first-order valence-corrected chi connectivity index (χ1v) is 13.3. The number of rotatable bonds is 21. The fourth-order valence-corrected chi connectivity index (χ4v) is 3.67. The van der Waals surface area contributed by atoms with Crippen LogP contribution >= 0.6 is 0 Å². The van der Waals surface area contributed by atoms with Crippen molar-refractivity contribution in [1.29, 1.82) is 0 Å². The summed E-state index contributed by atoms with van der Waals surface area (Å²) in [6.07, 6.45) is 4.59. The molecular weight excluding hydrogens is 504 g/mol. The third-order valence-electron chi connectivity index (χ3n) is 5.75. The zero-order valence-electron chi connectivity index (χ0n) is 22.5. The van der Waals surface area contributed by atoms with Crippen LogP contribution in [0, 0.1) is 0 Å². The molecule has 3 amide bonds. The Labute approximate surface area is 229 Å². The quantitative estimate of drug-likeness (QED) is 0.0433. The molecule has 13 heteroatoms. The highest BCUT2D eigenvalue weighted by Gasteiger charge is 2.27. The predicted octanol–water partition coefficient (Wildman–Crippen LogP) is -0.970. The molecule has 0 aliphatic heterocycles. The summed E-state index contributed by atoms with van der Waals surface area (Å²) in [7, 11) is 0. The van der Waals surface area contributed by atoms with Crippen LogP contribution in [-0.4, -0.2) is 74.3 Å². The highest BCUT2D eigenvalue weighted by atomic mass is 16.5. The van der Waals surface area contributed by atoms with Crippen molar-refractivity contribution in [3.8, 4) is 5.75 Å². The Hall–Kier alpha value is -3.71. The molecule has 1 aromatic carbocycles. The summed E-state index contributed by atoms with van der Waals surface area (Å²) in [5.41, 5.74) is 21.8. The molecule has 1 aromatic rings. The number of aliphatic imine (C=N–C) groups is 1. The van der Waals surface area contributed by atoms with Gasteiger partial charge in [0, 0.05) is 6.54 Å². The van der Waals surface area contributed by atoms with Gasteiger partial charge < -0.3 is 48.4 Å². The fourth-order valence-electron chi connectivity index (χ4n) is 3.67. The lowest BCUT2D eigenvalue weighted by atomic mass is 10.0. The van der Waals surface area contributed by atoms with Crippen LogP contribution in [0.3, 0.4) is 0 Å². The van der Waals surface area contributed by atoms with E-state index in [1.54, 1.807) is 24.3 Å². The number of nitrogens with one attached hydrogen (secondary N) is 3. The first kappa shape index (κ1) is 33.3. The van der Waals surface area contributed by atoms with E-state index in [1.807, 2.05) is 6.07 Å². The normalized spacial score (nSPS) is 12.9. The Morgan fingerprint density at radius 2 is 1.41 bits per heavy atom. The summed E-state index contributed by atoms with van der Waals surface area (Å²) in [5, 5.41) is 8.11. The maximum atomic E-state index is 13.2. The molecular formula is C26H44N8O5. The van der Waals surface area contributed by atoms with E-state index < -0.39 is 35.8 Å². The van der Waals surface area contributed by atoms with Crippen molar-refractivity contribution in [3.63, 3.8) is 0 Å². The van der Waals surface area contributed by atoms with Gasteiger partial charge in [0.2, 0.25) is 11.8 Å². The van der Waals surface area contributed by atoms with Crippen molar-refractivity contribution < 1.29 is 23.9 Å². The average molecular weight is 549 g/mol. The van der Waals surface area contributed by atoms with Crippen LogP contribution in [0.25, 0.3) is 0 Å². The van der Waals surface area contributed by atoms with Crippen LogP contribution in [-0.2, 0) is 19.2 Å². The second-order valence-electron chi connectivity index (χ2n) is 9.05. The number of guanidine groups is 1. The van der Waals surface area contributed by atoms with Crippen molar-refractivity contribution in [1.82, 2.24) is 16.0 Å². The lowest BCUT2D eigenvalue weighted by Crippen LogP contribution is -2.55. The third kappa shape index (κ3) is 15.3. The molecule has 0 aliphatic carbocycles. The van der Waals surface area contributed by atoms with Gasteiger partial charge in [0.05, 0.1) is 6.04 Å². The lowest BCUT2D eigenvalue weighted by Gasteiger charge is -2.24. The molecule has 0 aromatic heterocycles. The highest BCUT2D eigenvalue weighted by Crippen LogP contribution is 2.09. The van der Waals surface area contributed by atoms with Gasteiger partial charge in [0.15, 0.2) is 12.6 Å². The smallest absolute Gasteiger partial charge is 0.258 e. The number of hydrogen-bond acceptors (Lipinski definition) is 8. The molecule has 3 atom stereocenters. The maximum absolute atomic E-state index is 13.2. The van der Waals surface area contributed by atoms with Crippen LogP contribution in [0.1, 0.15) is 51.4 Å². The third-order valence-corrected chi connectivity index (χ3v) is 5.75. The Morgan fingerprint density at radius 1 is 0.821 bits per heavy atom. The number of nitrogens with zero attached hydrogens (tertiary/aromatic N) is 1. The standard InChI is InChI=1S/C26H44N8O5/c27-14-6-4-12-21(33-23(36)18-39-20-10-2-1-3-11-20)25(38)34-22(13-5-7-15-28)24(37)32-19(17-35)9-8-16-31-26(29)30/h1-3,10-11,17,19,21-22H,4-9,12-16,18,27-28H2,(H,32,37)(H,33,36)(H,34,38)(H4,29,30,31)/t19-,21-,22-/m0/s1. The molecule has 11 N–H and O–H groups in total. The van der Waals surface area contributed by atoms with Gasteiger partial charge in [-0.1, -0.05) is 18.2 Å². The van der Waals surface area contributed by atoms with Crippen LogP contribution in [0.2, 0.25) is 0 Å². The molecule has 0 radical (unpaired) electrons. The molecule has 13 nitrogen and oxygen atoms in total. The van der Waals surface area contributed by atoms with E-state index in [4.69, 9.17) is 27.7 Å². The number of para-hydroxylation sites is 1. The van der Waals surface area contributed by atoms with E-state index in [-0.39, 0.29) is 12.6 Å². The van der Waals surface area contributed by atoms with Crippen LogP contribution < -0.4 is 43.6 Å². The van der Waals surface area contributed by atoms with E-state index in [2.05, 4.69) is 20.9 Å². The summed E-state index contributed by atoms with van der Waals surface area (Å²) < 4.78 is 5.47. The second-order valence-corrected chi connectivity index (χ2v) is 9.05. The van der Waals surface area contributed by atoms with E-state index in [0.717, 1.165) is 0 Å². The van der Waals surface area contributed by atoms with Gasteiger partial charge in [0.25, 0.3) is 5.91 Å². The minimum Gasteiger partial charge on any atom is -0.484 e. The molecule has 0 bridgehead atoms. The van der Waals surface area contributed by atoms with Gasteiger partial charge >= 0.3 is 0 Å². The zero-order valence-corrected chi connectivity index (χ0v) is 22.5. The minimum atomic E-state index is -0.918. The summed E-state index contributed by atoms with van der Waals surface area (Å²) in [5.74, 6) is -1.01. The van der Waals surface area contributed by atoms with Gasteiger partial charge in [-0.05, 0) is 76.6 Å². The Kier molecular flexibility index (Phi) is 17.3. The SMILES string of the molecule is NCCCC[C@H](NC(=O)COc1ccccc1)C(=O)N[C@@H](CCCCN)C(=O)N[C@H](C=O)CCCN=C(N)N. The van der Waals surface area contributed by atoms with Crippen LogP contribution in [0.15, 0.2) is 35.3 Å². The predicted molar refractivity (Wildman–Crippen MR) is 150 cm³/mol. The Balaban J connectivity index is 2.83. The first-order valence-electron chi connectivity index (χ1n) is 13.3. The van der Waals surface area contributed by atoms with E-state index >= 15 is 0 Å². The topological polar surface area (TPSA) is 230 Å². The van der Waals surface area contributed by atoms with Crippen molar-refractivity contribution in [2.24, 2.45) is 27.9 Å². The second kappa shape index (κ2) is 20.3. The molecule has 0 saturated carbocycles. The van der Waals surface area contributed by atoms with Gasteiger partial charge in [-0.2, -0.15) is 0 Å². The van der Waals surface area contributed by atoms with Crippen molar-refractivity contribution in [3.05, 3.63) is 30.3 Å². The lowest BCUT2D eigenvalue weighted by molar-refractivity contribution is -0.133. The number of hydrogen-bond donors (Lipinski definition) is 7. The first-order chi connectivity index (χ1) is 18.8. The van der Waals surface area contributed by atoms with Crippen molar-refractivity contribution in [2.45, 2.75) is 69.5 Å². The maximum Gasteiger partial charge on any atom is 0.258 e. The van der Waals surface area contributed by atoms with E-state index in [1.165, 1.54) is 0 Å². The number of nitrogens with two attached hydrogens (primary N) is 4. The van der Waals surface area contributed by atoms with Crippen molar-refractivity contribution in [2.75, 3.05) is 26.2 Å². The molecule has 0 spiro atoms. The zero-order chi connectivity index (χ0) is 28.9. The van der Waals surface area contributed by atoms with E-state index in [9.17, 15) is 19.2 Å². The number of aldehydes is 1. The number of unbranched alkanes of at least 4 members (excludes halogenated alkanes) is 2. The number of amides is 3. The highest BCUT2D eigenvalue weighted by molar-refractivity contribution is 5.93. The molecule has 1 rings (SSSR count). The minimum absolute atomic E-state index is 0.0518. The molecule has 0 saturated heterocycles. The Bertz CT molecular complexity index is 896. The van der Waals surface area contributed by atoms with E-state index in [0.29, 0.717) is 83.0 Å². The molecule has 0 unspecified atom stereocenters. The number of carbonyl (C=O) groups is 4.